The lowest BCUT2D eigenvalue weighted by molar-refractivity contribution is 0.0200. The minimum Gasteiger partial charge on any atom is -0.393 e. The standard InChI is InChI=1S/C14H28N2O3S/c1-11(2)15-20(18,19)16-10-6-5-8-13(16)12-7-3-4-9-14(12)17/h11-15,17H,3-10H2,1-2H3. The highest BCUT2D eigenvalue weighted by molar-refractivity contribution is 7.87. The fourth-order valence-electron chi connectivity index (χ4n) is 3.61. The van der Waals surface area contributed by atoms with Crippen molar-refractivity contribution in [1.29, 1.82) is 0 Å². The Kier molecular flexibility index (Phi) is 5.45. The van der Waals surface area contributed by atoms with Gasteiger partial charge in [0.05, 0.1) is 6.10 Å². The van der Waals surface area contributed by atoms with Crippen LogP contribution in [0.1, 0.15) is 58.8 Å². The quantitative estimate of drug-likeness (QED) is 0.829. The lowest BCUT2D eigenvalue weighted by Gasteiger charge is -2.42. The molecule has 1 saturated carbocycles. The molecular weight excluding hydrogens is 276 g/mol. The van der Waals surface area contributed by atoms with Gasteiger partial charge in [-0.1, -0.05) is 19.3 Å². The lowest BCUT2D eigenvalue weighted by Crippen LogP contribution is -2.55. The zero-order valence-corrected chi connectivity index (χ0v) is 13.4. The Morgan fingerprint density at radius 3 is 2.40 bits per heavy atom. The van der Waals surface area contributed by atoms with Crippen LogP contribution in [0.3, 0.4) is 0 Å². The monoisotopic (exact) mass is 304 g/mol. The number of nitrogens with zero attached hydrogens (tertiary/aromatic N) is 1. The van der Waals surface area contributed by atoms with E-state index in [1.807, 2.05) is 13.8 Å². The third-order valence-electron chi connectivity index (χ3n) is 4.47. The Morgan fingerprint density at radius 2 is 1.75 bits per heavy atom. The first-order chi connectivity index (χ1) is 9.42. The zero-order chi connectivity index (χ0) is 14.8. The molecule has 1 heterocycles. The average Bonchev–Trinajstić information content (AvgIpc) is 2.38. The summed E-state index contributed by atoms with van der Waals surface area (Å²) in [5, 5.41) is 10.2. The van der Waals surface area contributed by atoms with Gasteiger partial charge in [-0.05, 0) is 39.5 Å². The first-order valence-electron chi connectivity index (χ1n) is 7.89. The molecule has 0 aromatic rings. The molecule has 2 fully saturated rings. The second-order valence-corrected chi connectivity index (χ2v) is 8.12. The third-order valence-corrected chi connectivity index (χ3v) is 6.31. The van der Waals surface area contributed by atoms with Gasteiger partial charge in [0, 0.05) is 24.5 Å². The van der Waals surface area contributed by atoms with Gasteiger partial charge in [0.1, 0.15) is 0 Å². The summed E-state index contributed by atoms with van der Waals surface area (Å²) < 4.78 is 29.3. The summed E-state index contributed by atoms with van der Waals surface area (Å²) in [4.78, 5) is 0. The fraction of sp³-hybridized carbons (Fsp3) is 1.00. The number of rotatable bonds is 4. The van der Waals surface area contributed by atoms with Gasteiger partial charge in [-0.15, -0.1) is 0 Å². The van der Waals surface area contributed by atoms with Crippen LogP contribution in [-0.2, 0) is 10.2 Å². The fourth-order valence-corrected chi connectivity index (χ4v) is 5.33. The van der Waals surface area contributed by atoms with Gasteiger partial charge in [0.2, 0.25) is 0 Å². The number of hydrogen-bond acceptors (Lipinski definition) is 3. The van der Waals surface area contributed by atoms with Crippen LogP contribution in [-0.4, -0.2) is 42.6 Å². The summed E-state index contributed by atoms with van der Waals surface area (Å²) in [6, 6.07) is -0.130. The number of nitrogens with one attached hydrogen (secondary N) is 1. The zero-order valence-electron chi connectivity index (χ0n) is 12.6. The molecule has 1 aliphatic carbocycles. The first-order valence-corrected chi connectivity index (χ1v) is 9.33. The van der Waals surface area contributed by atoms with Crippen molar-refractivity contribution in [1.82, 2.24) is 9.03 Å². The highest BCUT2D eigenvalue weighted by Crippen LogP contribution is 2.35. The molecule has 3 atom stereocenters. The van der Waals surface area contributed by atoms with Crippen LogP contribution in [0.15, 0.2) is 0 Å². The summed E-state index contributed by atoms with van der Waals surface area (Å²) in [5.41, 5.74) is 0. The van der Waals surface area contributed by atoms with Crippen molar-refractivity contribution in [2.45, 2.75) is 77.0 Å². The summed E-state index contributed by atoms with van der Waals surface area (Å²) in [6.45, 7) is 4.26. The maximum Gasteiger partial charge on any atom is 0.279 e. The molecule has 2 aliphatic rings. The van der Waals surface area contributed by atoms with E-state index in [0.29, 0.717) is 6.54 Å². The molecule has 0 aromatic carbocycles. The highest BCUT2D eigenvalue weighted by Gasteiger charge is 2.40. The first kappa shape index (κ1) is 16.2. The number of aliphatic hydroxyl groups excluding tert-OH is 1. The van der Waals surface area contributed by atoms with Crippen LogP contribution in [0.2, 0.25) is 0 Å². The Hall–Kier alpha value is -0.170. The number of piperidine rings is 1. The summed E-state index contributed by atoms with van der Waals surface area (Å²) in [6.07, 6.45) is 6.42. The van der Waals surface area contributed by atoms with E-state index in [0.717, 1.165) is 44.9 Å². The molecule has 3 unspecified atom stereocenters. The topological polar surface area (TPSA) is 69.6 Å². The molecule has 5 nitrogen and oxygen atoms in total. The van der Waals surface area contributed by atoms with E-state index < -0.39 is 10.2 Å². The summed E-state index contributed by atoms with van der Waals surface area (Å²) in [5.74, 6) is 0.104. The predicted octanol–water partition coefficient (Wildman–Crippen LogP) is 1.63. The van der Waals surface area contributed by atoms with Crippen molar-refractivity contribution in [3.8, 4) is 0 Å². The lowest BCUT2D eigenvalue weighted by atomic mass is 9.79. The third kappa shape index (κ3) is 3.72. The van der Waals surface area contributed by atoms with Gasteiger partial charge in [-0.3, -0.25) is 0 Å². The van der Waals surface area contributed by atoms with Crippen LogP contribution < -0.4 is 4.72 Å². The average molecular weight is 304 g/mol. The van der Waals surface area contributed by atoms with Crippen molar-refractivity contribution in [3.63, 3.8) is 0 Å². The molecule has 0 aromatic heterocycles. The molecule has 118 valence electrons. The van der Waals surface area contributed by atoms with Gasteiger partial charge in [-0.25, -0.2) is 0 Å². The van der Waals surface area contributed by atoms with Crippen molar-refractivity contribution in [2.75, 3.05) is 6.54 Å². The molecule has 6 heteroatoms. The van der Waals surface area contributed by atoms with Crippen molar-refractivity contribution >= 4 is 10.2 Å². The maximum atomic E-state index is 12.5. The second kappa shape index (κ2) is 6.73. The molecule has 1 saturated heterocycles. The summed E-state index contributed by atoms with van der Waals surface area (Å²) in [7, 11) is -3.43. The number of aliphatic hydroxyl groups is 1. The van der Waals surface area contributed by atoms with Gasteiger partial charge in [0.25, 0.3) is 10.2 Å². The smallest absolute Gasteiger partial charge is 0.279 e. The maximum absolute atomic E-state index is 12.5. The normalized spacial score (nSPS) is 33.5. The van der Waals surface area contributed by atoms with Gasteiger partial charge < -0.3 is 5.11 Å². The van der Waals surface area contributed by atoms with E-state index in [9.17, 15) is 13.5 Å². The molecule has 1 aliphatic heterocycles. The largest absolute Gasteiger partial charge is 0.393 e. The molecule has 2 rings (SSSR count). The van der Waals surface area contributed by atoms with Crippen LogP contribution in [0, 0.1) is 5.92 Å². The SMILES string of the molecule is CC(C)NS(=O)(=O)N1CCCCC1C1CCCCC1O. The Labute approximate surface area is 122 Å². The van der Waals surface area contributed by atoms with Crippen molar-refractivity contribution in [2.24, 2.45) is 5.92 Å². The Morgan fingerprint density at radius 1 is 1.10 bits per heavy atom. The van der Waals surface area contributed by atoms with Crippen molar-refractivity contribution < 1.29 is 13.5 Å². The Bertz CT molecular complexity index is 411. The van der Waals surface area contributed by atoms with E-state index in [-0.39, 0.29) is 24.1 Å². The van der Waals surface area contributed by atoms with E-state index in [1.165, 1.54) is 0 Å². The molecule has 2 N–H and O–H groups in total. The molecular formula is C14H28N2O3S. The minimum atomic E-state index is -3.43. The van der Waals surface area contributed by atoms with E-state index >= 15 is 0 Å². The minimum absolute atomic E-state index is 0.0321. The van der Waals surface area contributed by atoms with Gasteiger partial charge >= 0.3 is 0 Å². The molecule has 0 bridgehead atoms. The van der Waals surface area contributed by atoms with E-state index in [1.54, 1.807) is 4.31 Å². The van der Waals surface area contributed by atoms with Crippen LogP contribution >= 0.6 is 0 Å². The predicted molar refractivity (Wildman–Crippen MR) is 79.5 cm³/mol. The van der Waals surface area contributed by atoms with Gasteiger partial charge in [0.15, 0.2) is 0 Å². The second-order valence-electron chi connectivity index (χ2n) is 6.47. The molecule has 0 radical (unpaired) electrons. The van der Waals surface area contributed by atoms with Crippen LogP contribution in [0.4, 0.5) is 0 Å². The van der Waals surface area contributed by atoms with Gasteiger partial charge in [-0.2, -0.15) is 17.4 Å². The van der Waals surface area contributed by atoms with E-state index in [2.05, 4.69) is 4.72 Å². The summed E-state index contributed by atoms with van der Waals surface area (Å²) >= 11 is 0. The molecule has 0 spiro atoms. The van der Waals surface area contributed by atoms with Crippen molar-refractivity contribution in [3.05, 3.63) is 0 Å². The highest BCUT2D eigenvalue weighted by atomic mass is 32.2. The van der Waals surface area contributed by atoms with Crippen LogP contribution in [0.5, 0.6) is 0 Å². The van der Waals surface area contributed by atoms with Crippen LogP contribution in [0.25, 0.3) is 0 Å². The Balaban J connectivity index is 2.16. The number of hydrogen-bond donors (Lipinski definition) is 2. The van der Waals surface area contributed by atoms with E-state index in [4.69, 9.17) is 0 Å². The molecule has 0 amide bonds. The molecule has 20 heavy (non-hydrogen) atoms.